The molecule has 6 nitrogen and oxygen atoms in total. The summed E-state index contributed by atoms with van der Waals surface area (Å²) in [6, 6.07) is 9.77. The Hall–Kier alpha value is -2.81. The van der Waals surface area contributed by atoms with Crippen LogP contribution < -0.4 is 10.1 Å². The van der Waals surface area contributed by atoms with Crippen molar-refractivity contribution in [1.82, 2.24) is 9.88 Å². The number of ether oxygens (including phenoxy) is 2. The maximum Gasteiger partial charge on any atom is 0.573 e. The first-order valence-corrected chi connectivity index (χ1v) is 9.19. The zero-order chi connectivity index (χ0) is 21.0. The van der Waals surface area contributed by atoms with Crippen LogP contribution in [0.3, 0.4) is 0 Å². The lowest BCUT2D eigenvalue weighted by molar-refractivity contribution is -0.274. The normalized spacial score (nSPS) is 19.7. The van der Waals surface area contributed by atoms with Crippen LogP contribution in [0.1, 0.15) is 29.8 Å². The first-order chi connectivity index (χ1) is 13.7. The molecule has 1 fully saturated rings. The molecular weight excluding hydrogens is 387 g/mol. The van der Waals surface area contributed by atoms with E-state index in [2.05, 4.69) is 15.0 Å². The number of benzene rings is 1. The van der Waals surface area contributed by atoms with Crippen LogP contribution >= 0.6 is 0 Å². The van der Waals surface area contributed by atoms with E-state index in [1.54, 1.807) is 17.0 Å². The summed E-state index contributed by atoms with van der Waals surface area (Å²) in [6.07, 6.45) is -3.73. The summed E-state index contributed by atoms with van der Waals surface area (Å²) in [5.41, 5.74) is 1.50. The Labute approximate surface area is 166 Å². The lowest BCUT2D eigenvalue weighted by atomic mass is 10.1. The van der Waals surface area contributed by atoms with E-state index in [9.17, 15) is 18.0 Å². The van der Waals surface area contributed by atoms with Gasteiger partial charge in [-0.25, -0.2) is 4.98 Å². The summed E-state index contributed by atoms with van der Waals surface area (Å²) in [5.74, 6) is 0.00191. The fourth-order valence-corrected chi connectivity index (χ4v) is 3.16. The zero-order valence-electron chi connectivity index (χ0n) is 16.1. The smallest absolute Gasteiger partial charge is 0.404 e. The quantitative estimate of drug-likeness (QED) is 0.813. The molecule has 156 valence electrons. The van der Waals surface area contributed by atoms with Crippen LogP contribution in [0.2, 0.25) is 0 Å². The summed E-state index contributed by atoms with van der Waals surface area (Å²) in [6.45, 7) is 5.42. The summed E-state index contributed by atoms with van der Waals surface area (Å²) in [7, 11) is 0. The van der Waals surface area contributed by atoms with Gasteiger partial charge in [0.25, 0.3) is 5.91 Å². The number of hydrogen-bond acceptors (Lipinski definition) is 5. The second-order valence-electron chi connectivity index (χ2n) is 6.94. The number of anilines is 1. The van der Waals surface area contributed by atoms with Gasteiger partial charge in [-0.2, -0.15) is 0 Å². The van der Waals surface area contributed by atoms with Crippen molar-refractivity contribution in [1.29, 1.82) is 0 Å². The van der Waals surface area contributed by atoms with Gasteiger partial charge in [0.2, 0.25) is 0 Å². The van der Waals surface area contributed by atoms with E-state index in [0.717, 1.165) is 11.8 Å². The predicted molar refractivity (Wildman–Crippen MR) is 101 cm³/mol. The first-order valence-electron chi connectivity index (χ1n) is 9.19. The number of nitrogens with zero attached hydrogens (tertiary/aromatic N) is 2. The highest BCUT2D eigenvalue weighted by atomic mass is 19.4. The summed E-state index contributed by atoms with van der Waals surface area (Å²) in [5, 5.41) is 3.01. The average molecular weight is 409 g/mol. The van der Waals surface area contributed by atoms with Gasteiger partial charge in [-0.1, -0.05) is 12.1 Å². The van der Waals surface area contributed by atoms with E-state index in [1.165, 1.54) is 12.1 Å². The molecule has 1 aliphatic heterocycles. The molecule has 2 unspecified atom stereocenters. The SMILES string of the molecule is CC1CN(C(=O)c2ccc(CNc3ccc(OC(F)(F)F)cn3)cc2)CC(C)O1. The third-order valence-electron chi connectivity index (χ3n) is 4.35. The molecular formula is C20H22F3N3O3. The van der Waals surface area contributed by atoms with Crippen LogP contribution in [0.25, 0.3) is 0 Å². The van der Waals surface area contributed by atoms with Crippen molar-refractivity contribution in [3.8, 4) is 5.75 Å². The number of aromatic nitrogens is 1. The Morgan fingerprint density at radius 3 is 2.38 bits per heavy atom. The highest BCUT2D eigenvalue weighted by molar-refractivity contribution is 5.94. The fourth-order valence-electron chi connectivity index (χ4n) is 3.16. The summed E-state index contributed by atoms with van der Waals surface area (Å²) >= 11 is 0. The first kappa shape index (κ1) is 20.9. The van der Waals surface area contributed by atoms with E-state index in [4.69, 9.17) is 4.74 Å². The number of morpholine rings is 1. The molecule has 2 atom stereocenters. The third kappa shape index (κ3) is 6.08. The van der Waals surface area contributed by atoms with Gasteiger partial charge < -0.3 is 19.7 Å². The predicted octanol–water partition coefficient (Wildman–Crippen LogP) is 3.84. The van der Waals surface area contributed by atoms with Crippen molar-refractivity contribution in [3.63, 3.8) is 0 Å². The third-order valence-corrected chi connectivity index (χ3v) is 4.35. The minimum atomic E-state index is -4.74. The maximum absolute atomic E-state index is 12.7. The van der Waals surface area contributed by atoms with E-state index in [-0.39, 0.29) is 23.9 Å². The van der Waals surface area contributed by atoms with Crippen LogP contribution in [-0.4, -0.2) is 47.5 Å². The molecule has 1 N–H and O–H groups in total. The van der Waals surface area contributed by atoms with Crippen molar-refractivity contribution < 1.29 is 27.4 Å². The maximum atomic E-state index is 12.7. The number of nitrogens with one attached hydrogen (secondary N) is 1. The van der Waals surface area contributed by atoms with Crippen LogP contribution in [0, 0.1) is 0 Å². The molecule has 9 heteroatoms. The summed E-state index contributed by atoms with van der Waals surface area (Å²) < 4.78 is 45.9. The van der Waals surface area contributed by atoms with E-state index < -0.39 is 6.36 Å². The van der Waals surface area contributed by atoms with Crippen molar-refractivity contribution in [2.75, 3.05) is 18.4 Å². The van der Waals surface area contributed by atoms with E-state index in [0.29, 0.717) is 31.0 Å². The molecule has 3 rings (SSSR count). The molecule has 2 heterocycles. The number of hydrogen-bond donors (Lipinski definition) is 1. The minimum absolute atomic E-state index is 0.00611. The average Bonchev–Trinajstić information content (AvgIpc) is 2.65. The number of pyridine rings is 1. The Morgan fingerprint density at radius 1 is 1.17 bits per heavy atom. The van der Waals surface area contributed by atoms with Crippen molar-refractivity contribution in [3.05, 3.63) is 53.7 Å². The van der Waals surface area contributed by atoms with Gasteiger partial charge in [-0.3, -0.25) is 4.79 Å². The van der Waals surface area contributed by atoms with Crippen molar-refractivity contribution in [2.24, 2.45) is 0 Å². The minimum Gasteiger partial charge on any atom is -0.404 e. The molecule has 1 aromatic carbocycles. The van der Waals surface area contributed by atoms with Gasteiger partial charge in [-0.15, -0.1) is 13.2 Å². The van der Waals surface area contributed by atoms with Gasteiger partial charge >= 0.3 is 6.36 Å². The molecule has 2 aromatic rings. The van der Waals surface area contributed by atoms with Crippen LogP contribution in [0.15, 0.2) is 42.6 Å². The Kier molecular flexibility index (Phi) is 6.26. The molecule has 0 aliphatic carbocycles. The Bertz CT molecular complexity index is 816. The molecule has 1 aliphatic rings. The standard InChI is InChI=1S/C20H22F3N3O3/c1-13-11-26(12-14(2)28-13)19(27)16-5-3-15(4-6-16)9-24-18-8-7-17(10-25-18)29-20(21,22)23/h3-8,10,13-14H,9,11-12H2,1-2H3,(H,24,25). The Morgan fingerprint density at radius 2 is 1.83 bits per heavy atom. The topological polar surface area (TPSA) is 63.7 Å². The van der Waals surface area contributed by atoms with Gasteiger partial charge in [0.05, 0.1) is 18.4 Å². The molecule has 0 saturated carbocycles. The molecule has 1 aromatic heterocycles. The number of halogens is 3. The molecule has 1 saturated heterocycles. The van der Waals surface area contributed by atoms with Gasteiger partial charge in [-0.05, 0) is 43.7 Å². The van der Waals surface area contributed by atoms with Crippen LogP contribution in [0.5, 0.6) is 5.75 Å². The van der Waals surface area contributed by atoms with Gasteiger partial charge in [0, 0.05) is 25.2 Å². The number of carbonyl (C=O) groups is 1. The second-order valence-corrected chi connectivity index (χ2v) is 6.94. The van der Waals surface area contributed by atoms with Crippen molar-refractivity contribution >= 4 is 11.7 Å². The lowest BCUT2D eigenvalue weighted by Gasteiger charge is -2.35. The second kappa shape index (κ2) is 8.69. The number of rotatable bonds is 5. The van der Waals surface area contributed by atoms with Crippen LogP contribution in [0.4, 0.5) is 19.0 Å². The van der Waals surface area contributed by atoms with E-state index >= 15 is 0 Å². The largest absolute Gasteiger partial charge is 0.573 e. The van der Waals surface area contributed by atoms with Gasteiger partial charge in [0.1, 0.15) is 11.6 Å². The monoisotopic (exact) mass is 409 g/mol. The van der Waals surface area contributed by atoms with Gasteiger partial charge in [0.15, 0.2) is 0 Å². The van der Waals surface area contributed by atoms with E-state index in [1.807, 2.05) is 26.0 Å². The lowest BCUT2D eigenvalue weighted by Crippen LogP contribution is -2.48. The highest BCUT2D eigenvalue weighted by Crippen LogP contribution is 2.22. The molecule has 1 amide bonds. The fraction of sp³-hybridized carbons (Fsp3) is 0.400. The summed E-state index contributed by atoms with van der Waals surface area (Å²) in [4.78, 5) is 18.3. The molecule has 0 radical (unpaired) electrons. The highest BCUT2D eigenvalue weighted by Gasteiger charge is 2.31. The number of carbonyl (C=O) groups excluding carboxylic acids is 1. The molecule has 0 bridgehead atoms. The zero-order valence-corrected chi connectivity index (χ0v) is 16.1. The number of alkyl halides is 3. The Balaban J connectivity index is 1.54. The van der Waals surface area contributed by atoms with Crippen molar-refractivity contribution in [2.45, 2.75) is 39.0 Å². The molecule has 0 spiro atoms. The number of amides is 1. The van der Waals surface area contributed by atoms with Crippen LogP contribution in [-0.2, 0) is 11.3 Å². The molecule has 29 heavy (non-hydrogen) atoms.